The maximum absolute atomic E-state index is 12.9. The van der Waals surface area contributed by atoms with Gasteiger partial charge in [0.2, 0.25) is 0 Å². The maximum Gasteiger partial charge on any atom is 0.306 e. The predicted molar refractivity (Wildman–Crippen MR) is 316 cm³/mol. The molecule has 0 heterocycles. The fourth-order valence-electron chi connectivity index (χ4n) is 7.67. The minimum absolute atomic E-state index is 0.118. The van der Waals surface area contributed by atoms with Gasteiger partial charge < -0.3 is 14.2 Å². The van der Waals surface area contributed by atoms with Crippen LogP contribution in [0.1, 0.15) is 252 Å². The van der Waals surface area contributed by atoms with Crippen molar-refractivity contribution in [2.24, 2.45) is 0 Å². The second-order valence-corrected chi connectivity index (χ2v) is 19.2. The van der Waals surface area contributed by atoms with E-state index in [4.69, 9.17) is 14.2 Å². The highest BCUT2D eigenvalue weighted by Gasteiger charge is 2.19. The van der Waals surface area contributed by atoms with Crippen molar-refractivity contribution in [2.75, 3.05) is 13.2 Å². The van der Waals surface area contributed by atoms with Crippen molar-refractivity contribution in [1.82, 2.24) is 0 Å². The first-order valence-electron chi connectivity index (χ1n) is 29.7. The minimum Gasteiger partial charge on any atom is -0.462 e. The molecule has 0 aliphatic heterocycles. The molecule has 6 nitrogen and oxygen atoms in total. The molecule has 73 heavy (non-hydrogen) atoms. The van der Waals surface area contributed by atoms with E-state index in [-0.39, 0.29) is 37.5 Å². The number of hydrogen-bond donors (Lipinski definition) is 0. The van der Waals surface area contributed by atoms with Crippen LogP contribution in [0, 0.1) is 0 Å². The number of hydrogen-bond acceptors (Lipinski definition) is 6. The van der Waals surface area contributed by atoms with Crippen molar-refractivity contribution in [3.05, 3.63) is 134 Å². The number of carbonyl (C=O) groups is 3. The third kappa shape index (κ3) is 58.3. The van der Waals surface area contributed by atoms with Crippen LogP contribution in [0.2, 0.25) is 0 Å². The molecule has 0 N–H and O–H groups in total. The van der Waals surface area contributed by atoms with Gasteiger partial charge in [0.15, 0.2) is 6.10 Å². The highest BCUT2D eigenvalue weighted by atomic mass is 16.6. The van der Waals surface area contributed by atoms with Gasteiger partial charge in [-0.15, -0.1) is 0 Å². The van der Waals surface area contributed by atoms with Crippen molar-refractivity contribution >= 4 is 17.9 Å². The first-order chi connectivity index (χ1) is 36.0. The van der Waals surface area contributed by atoms with Gasteiger partial charge in [0.25, 0.3) is 0 Å². The van der Waals surface area contributed by atoms with Crippen LogP contribution in [0.25, 0.3) is 0 Å². The number of ether oxygens (including phenoxy) is 3. The Hall–Kier alpha value is -4.45. The Bertz CT molecular complexity index is 1580. The second-order valence-electron chi connectivity index (χ2n) is 19.2. The van der Waals surface area contributed by atoms with E-state index in [1.165, 1.54) is 96.3 Å². The standard InChI is InChI=1S/C67H108O6/c1-4-7-10-13-16-19-22-25-28-31-33-36-39-42-45-48-51-54-57-60-66(69)72-63-64(62-71-65(68)59-56-53-50-47-44-41-38-35-30-27-24-21-18-15-12-9-6-3)73-67(70)61-58-55-52-49-46-43-40-37-34-32-29-26-23-20-17-14-11-8-5-2/h9,12,16-21,25-30,33,36,38,41-42,45,47,50,64H,4-8,10-11,13-15,22-24,31-32,34-35,37,39-40,43-44,46,48-49,51-63H2,1-3H3/b12-9-,19-16-,20-17-,21-18-,28-25-,29-26-,30-27-,36-33-,41-38-,45-42-,50-47-/t64-/m1/s1. The van der Waals surface area contributed by atoms with Crippen molar-refractivity contribution in [3.8, 4) is 0 Å². The summed E-state index contributed by atoms with van der Waals surface area (Å²) in [4.78, 5) is 38.2. The molecule has 0 saturated heterocycles. The van der Waals surface area contributed by atoms with E-state index in [2.05, 4.69) is 154 Å². The van der Waals surface area contributed by atoms with Gasteiger partial charge in [-0.2, -0.15) is 0 Å². The van der Waals surface area contributed by atoms with E-state index >= 15 is 0 Å². The van der Waals surface area contributed by atoms with Crippen LogP contribution in [-0.4, -0.2) is 37.2 Å². The summed E-state index contributed by atoms with van der Waals surface area (Å²) in [6.07, 6.45) is 84.4. The molecule has 0 unspecified atom stereocenters. The van der Waals surface area contributed by atoms with E-state index in [1.54, 1.807) is 0 Å². The first kappa shape index (κ1) is 68.6. The summed E-state index contributed by atoms with van der Waals surface area (Å²) in [5, 5.41) is 0. The normalized spacial score (nSPS) is 13.1. The SMILES string of the molecule is CC/C=C\C/C=C\C/C=C\C/C=C\C/C=C\CCCC(=O)OC[C@H](COC(=O)CCCCC/C=C\C/C=C\C/C=C\C/C=C\CCCCC)OC(=O)CCCCCCCCCCC/C=C\C/C=C\CCCCC. The molecule has 1 atom stereocenters. The van der Waals surface area contributed by atoms with Gasteiger partial charge in [-0.1, -0.05) is 231 Å². The third-order valence-electron chi connectivity index (χ3n) is 12.1. The van der Waals surface area contributed by atoms with Crippen LogP contribution in [0.4, 0.5) is 0 Å². The topological polar surface area (TPSA) is 78.9 Å². The number of rotatable bonds is 52. The quantitative estimate of drug-likeness (QED) is 0.0261. The lowest BCUT2D eigenvalue weighted by Crippen LogP contribution is -2.30. The van der Waals surface area contributed by atoms with Crippen LogP contribution in [0.3, 0.4) is 0 Å². The van der Waals surface area contributed by atoms with Gasteiger partial charge in [0.05, 0.1) is 0 Å². The lowest BCUT2D eigenvalue weighted by molar-refractivity contribution is -0.167. The molecule has 0 aromatic rings. The zero-order valence-electron chi connectivity index (χ0n) is 47.1. The predicted octanol–water partition coefficient (Wildman–Crippen LogP) is 20.2. The van der Waals surface area contributed by atoms with Gasteiger partial charge in [-0.05, 0) is 135 Å². The van der Waals surface area contributed by atoms with Crippen LogP contribution < -0.4 is 0 Å². The largest absolute Gasteiger partial charge is 0.462 e. The molecule has 0 amide bonds. The maximum atomic E-state index is 12.9. The second kappa shape index (κ2) is 60.1. The number of unbranched alkanes of at least 4 members (excludes halogenated alkanes) is 19. The molecule has 0 rings (SSSR count). The molecule has 0 radical (unpaired) electrons. The van der Waals surface area contributed by atoms with Crippen LogP contribution in [-0.2, 0) is 28.6 Å². The van der Waals surface area contributed by atoms with Crippen molar-refractivity contribution < 1.29 is 28.6 Å². The Balaban J connectivity index is 4.55. The number of allylic oxidation sites excluding steroid dienone is 22. The molecule has 0 aromatic carbocycles. The van der Waals surface area contributed by atoms with Crippen LogP contribution in [0.15, 0.2) is 134 Å². The smallest absolute Gasteiger partial charge is 0.306 e. The molecule has 0 fully saturated rings. The summed E-state index contributed by atoms with van der Waals surface area (Å²) in [5.74, 6) is -1.01. The summed E-state index contributed by atoms with van der Waals surface area (Å²) >= 11 is 0. The molecular weight excluding hydrogens is 901 g/mol. The van der Waals surface area contributed by atoms with E-state index in [1.807, 2.05) is 0 Å². The lowest BCUT2D eigenvalue weighted by Gasteiger charge is -2.18. The highest BCUT2D eigenvalue weighted by molar-refractivity contribution is 5.71. The summed E-state index contributed by atoms with van der Waals surface area (Å²) in [5.41, 5.74) is 0. The average Bonchev–Trinajstić information content (AvgIpc) is 3.39. The van der Waals surface area contributed by atoms with Gasteiger partial charge in [-0.25, -0.2) is 0 Å². The fraction of sp³-hybridized carbons (Fsp3) is 0.627. The Morgan fingerprint density at radius 3 is 0.904 bits per heavy atom. The van der Waals surface area contributed by atoms with Gasteiger partial charge in [0, 0.05) is 19.3 Å². The summed E-state index contributed by atoms with van der Waals surface area (Å²) < 4.78 is 16.8. The van der Waals surface area contributed by atoms with E-state index < -0.39 is 6.10 Å². The van der Waals surface area contributed by atoms with Crippen LogP contribution in [0.5, 0.6) is 0 Å². The highest BCUT2D eigenvalue weighted by Crippen LogP contribution is 2.14. The summed E-state index contributed by atoms with van der Waals surface area (Å²) in [6, 6.07) is 0. The minimum atomic E-state index is -0.823. The number of esters is 3. The molecule has 412 valence electrons. The van der Waals surface area contributed by atoms with Crippen molar-refractivity contribution in [1.29, 1.82) is 0 Å². The van der Waals surface area contributed by atoms with E-state index in [0.717, 1.165) is 109 Å². The van der Waals surface area contributed by atoms with E-state index in [0.29, 0.717) is 19.3 Å². The Labute approximate surface area is 449 Å². The van der Waals surface area contributed by atoms with Crippen molar-refractivity contribution in [2.45, 2.75) is 258 Å². The van der Waals surface area contributed by atoms with Gasteiger partial charge in [-0.3, -0.25) is 14.4 Å². The molecule has 0 aliphatic rings. The first-order valence-corrected chi connectivity index (χ1v) is 29.7. The van der Waals surface area contributed by atoms with Gasteiger partial charge in [0.1, 0.15) is 13.2 Å². The molecule has 0 bridgehead atoms. The molecular formula is C67H108O6. The van der Waals surface area contributed by atoms with Crippen molar-refractivity contribution in [3.63, 3.8) is 0 Å². The zero-order valence-corrected chi connectivity index (χ0v) is 47.1. The Morgan fingerprint density at radius 1 is 0.288 bits per heavy atom. The molecule has 6 heteroatoms. The summed E-state index contributed by atoms with van der Waals surface area (Å²) in [6.45, 7) is 6.39. The molecule has 0 aliphatic carbocycles. The number of carbonyl (C=O) groups excluding carboxylic acids is 3. The average molecular weight is 1010 g/mol. The Morgan fingerprint density at radius 2 is 0.548 bits per heavy atom. The molecule has 0 spiro atoms. The lowest BCUT2D eigenvalue weighted by atomic mass is 10.1. The molecule has 0 aromatic heterocycles. The fourth-order valence-corrected chi connectivity index (χ4v) is 7.67. The zero-order chi connectivity index (χ0) is 52.9. The van der Waals surface area contributed by atoms with Gasteiger partial charge >= 0.3 is 17.9 Å². The van der Waals surface area contributed by atoms with E-state index in [9.17, 15) is 14.4 Å². The molecule has 0 saturated carbocycles. The Kier molecular flexibility index (Phi) is 56.4. The monoisotopic (exact) mass is 1010 g/mol. The third-order valence-corrected chi connectivity index (χ3v) is 12.1. The summed E-state index contributed by atoms with van der Waals surface area (Å²) in [7, 11) is 0. The van der Waals surface area contributed by atoms with Crippen LogP contribution >= 0.6 is 0 Å².